The van der Waals surface area contributed by atoms with Crippen LogP contribution in [0.4, 0.5) is 15.8 Å². The molecule has 2 N–H and O–H groups in total. The van der Waals surface area contributed by atoms with Crippen molar-refractivity contribution < 1.29 is 27.4 Å². The highest BCUT2D eigenvalue weighted by molar-refractivity contribution is 7.92. The van der Waals surface area contributed by atoms with E-state index in [0.717, 1.165) is 6.26 Å². The van der Waals surface area contributed by atoms with Crippen LogP contribution < -0.4 is 4.31 Å². The molecule has 1 aromatic heterocycles. The number of nitrogens with one attached hydrogen (secondary N) is 1. The molecule has 0 spiro atoms. The number of likely N-dealkylation sites (N-methyl/N-ethyl adjacent to an activating group) is 1. The maximum Gasteiger partial charge on any atom is 0.309 e. The van der Waals surface area contributed by atoms with Crippen LogP contribution in [0.5, 0.6) is 5.88 Å². The molecule has 0 aliphatic heterocycles. The van der Waals surface area contributed by atoms with Gasteiger partial charge in [0.2, 0.25) is 10.0 Å². The number of aromatic hydroxyl groups is 1. The Morgan fingerprint density at radius 3 is 2.42 bits per heavy atom. The van der Waals surface area contributed by atoms with Gasteiger partial charge in [0.15, 0.2) is 5.88 Å². The summed E-state index contributed by atoms with van der Waals surface area (Å²) in [7, 11) is 1.54. The summed E-state index contributed by atoms with van der Waals surface area (Å²) in [6, 6.07) is 18.0. The first-order valence-corrected chi connectivity index (χ1v) is 14.3. The second-order valence-corrected chi connectivity index (χ2v) is 11.5. The lowest BCUT2D eigenvalue weighted by Gasteiger charge is -2.24. The Labute approximate surface area is 232 Å². The van der Waals surface area contributed by atoms with Crippen LogP contribution in [0.1, 0.15) is 16.7 Å². The molecule has 4 aromatic rings. The molecule has 0 radical (unpaired) electrons. The number of esters is 1. The van der Waals surface area contributed by atoms with Gasteiger partial charge in [0.05, 0.1) is 48.0 Å². The van der Waals surface area contributed by atoms with Crippen LogP contribution in [0.15, 0.2) is 71.7 Å². The minimum absolute atomic E-state index is 0.0473. The molecule has 0 unspecified atom stereocenters. The molecule has 210 valence electrons. The van der Waals surface area contributed by atoms with E-state index in [0.29, 0.717) is 51.2 Å². The Kier molecular flexibility index (Phi) is 8.55. The molecular weight excluding hydrogens is 535 g/mol. The van der Waals surface area contributed by atoms with Gasteiger partial charge < -0.3 is 19.7 Å². The Hall–Kier alpha value is -4.22. The van der Waals surface area contributed by atoms with Crippen molar-refractivity contribution in [1.82, 2.24) is 9.88 Å². The lowest BCUT2D eigenvalue weighted by Crippen LogP contribution is -2.35. The number of fused-ring (bicyclic) bond motifs is 1. The first-order chi connectivity index (χ1) is 19.0. The van der Waals surface area contributed by atoms with Gasteiger partial charge in [-0.1, -0.05) is 18.2 Å². The second-order valence-electron chi connectivity index (χ2n) is 9.61. The number of hydrogen-bond acceptors (Lipinski definition) is 7. The number of aromatic nitrogens is 1. The predicted molar refractivity (Wildman–Crippen MR) is 155 cm³/mol. The summed E-state index contributed by atoms with van der Waals surface area (Å²) in [5, 5.41) is 11.4. The first-order valence-electron chi connectivity index (χ1n) is 12.4. The fourth-order valence-corrected chi connectivity index (χ4v) is 5.25. The van der Waals surface area contributed by atoms with Crippen LogP contribution in [0.2, 0.25) is 0 Å². The smallest absolute Gasteiger partial charge is 0.309 e. The molecule has 40 heavy (non-hydrogen) atoms. The summed E-state index contributed by atoms with van der Waals surface area (Å²) in [6.45, 7) is 0.825. The van der Waals surface area contributed by atoms with Crippen molar-refractivity contribution >= 4 is 44.0 Å². The molecule has 0 bridgehead atoms. The number of carbonyl (C=O) groups excluding carboxylic acids is 1. The van der Waals surface area contributed by atoms with E-state index >= 15 is 0 Å². The van der Waals surface area contributed by atoms with Crippen LogP contribution in [0.3, 0.4) is 0 Å². The highest BCUT2D eigenvalue weighted by atomic mass is 32.2. The summed E-state index contributed by atoms with van der Waals surface area (Å²) >= 11 is 0. The normalized spacial score (nSPS) is 12.2. The van der Waals surface area contributed by atoms with E-state index in [9.17, 15) is 22.7 Å². The molecule has 9 nitrogen and oxygen atoms in total. The molecule has 0 aliphatic carbocycles. The van der Waals surface area contributed by atoms with Crippen molar-refractivity contribution in [2.45, 2.75) is 6.42 Å². The van der Waals surface area contributed by atoms with Crippen molar-refractivity contribution in [2.75, 3.05) is 44.9 Å². The van der Waals surface area contributed by atoms with Crippen LogP contribution in [-0.4, -0.2) is 75.6 Å². The van der Waals surface area contributed by atoms with Crippen LogP contribution in [-0.2, 0) is 26.0 Å². The third kappa shape index (κ3) is 6.67. The number of carbonyl (C=O) groups is 1. The zero-order chi connectivity index (χ0) is 29.0. The third-order valence-corrected chi connectivity index (χ3v) is 7.48. The number of methoxy groups -OCH3 is 1. The van der Waals surface area contributed by atoms with Crippen LogP contribution >= 0.6 is 0 Å². The molecule has 3 aromatic carbocycles. The van der Waals surface area contributed by atoms with Crippen LogP contribution in [0, 0.1) is 5.82 Å². The maximum absolute atomic E-state index is 13.9. The Balaban J connectivity index is 1.83. The monoisotopic (exact) mass is 566 g/mol. The van der Waals surface area contributed by atoms with E-state index in [2.05, 4.69) is 4.98 Å². The summed E-state index contributed by atoms with van der Waals surface area (Å²) in [6.07, 6.45) is 1.21. The van der Waals surface area contributed by atoms with Crippen molar-refractivity contribution in [2.24, 2.45) is 4.99 Å². The fraction of sp³-hybridized carbons (Fsp3) is 0.241. The number of sulfonamides is 1. The molecule has 0 saturated carbocycles. The zero-order valence-corrected chi connectivity index (χ0v) is 23.5. The van der Waals surface area contributed by atoms with Gasteiger partial charge in [0.1, 0.15) is 5.82 Å². The van der Waals surface area contributed by atoms with Gasteiger partial charge in [0, 0.05) is 24.0 Å². The first kappa shape index (κ1) is 28.8. The fourth-order valence-electron chi connectivity index (χ4n) is 4.33. The number of nitrogens with zero attached hydrogens (tertiary/aromatic N) is 3. The summed E-state index contributed by atoms with van der Waals surface area (Å²) in [5.74, 6) is -1.05. The highest BCUT2D eigenvalue weighted by Gasteiger charge is 2.21. The van der Waals surface area contributed by atoms with E-state index in [1.165, 1.54) is 23.5 Å². The standard InChI is InChI=1S/C29H31FN4O5S/c1-33(2)14-15-34(40(4,37)38)23-11-9-22(10-12-23)31-28(20-7-5-6-19(16-20)17-26(35)39-3)27-24-13-8-21(30)18-25(24)32-29(27)36/h5-13,16,18,32,36H,14-15,17H2,1-4H3. The Morgan fingerprint density at radius 1 is 1.05 bits per heavy atom. The Morgan fingerprint density at radius 2 is 1.77 bits per heavy atom. The average Bonchev–Trinajstić information content (AvgIpc) is 3.21. The molecule has 0 saturated heterocycles. The van der Waals surface area contributed by atoms with Gasteiger partial charge in [-0.25, -0.2) is 17.8 Å². The molecule has 0 amide bonds. The van der Waals surface area contributed by atoms with Crippen molar-refractivity contribution in [3.63, 3.8) is 0 Å². The molecule has 0 aliphatic rings. The van der Waals surface area contributed by atoms with E-state index in [-0.39, 0.29) is 18.8 Å². The van der Waals surface area contributed by atoms with Crippen molar-refractivity contribution in [3.8, 4) is 5.88 Å². The van der Waals surface area contributed by atoms with Gasteiger partial charge in [0.25, 0.3) is 0 Å². The van der Waals surface area contributed by atoms with E-state index in [1.54, 1.807) is 54.6 Å². The van der Waals surface area contributed by atoms with Gasteiger partial charge >= 0.3 is 5.97 Å². The molecule has 1 heterocycles. The third-order valence-electron chi connectivity index (χ3n) is 6.28. The quantitative estimate of drug-likeness (QED) is 0.219. The maximum atomic E-state index is 13.9. The second kappa shape index (κ2) is 11.9. The minimum Gasteiger partial charge on any atom is -0.494 e. The average molecular weight is 567 g/mol. The van der Waals surface area contributed by atoms with Crippen molar-refractivity contribution in [3.05, 3.63) is 89.2 Å². The Bertz CT molecular complexity index is 1660. The molecule has 4 rings (SSSR count). The number of rotatable bonds is 10. The van der Waals surface area contributed by atoms with E-state index in [4.69, 9.17) is 9.73 Å². The zero-order valence-electron chi connectivity index (χ0n) is 22.7. The van der Waals surface area contributed by atoms with E-state index < -0.39 is 21.8 Å². The van der Waals surface area contributed by atoms with Gasteiger partial charge in [-0.15, -0.1) is 0 Å². The predicted octanol–water partition coefficient (Wildman–Crippen LogP) is 4.22. The number of halogens is 1. The summed E-state index contributed by atoms with van der Waals surface area (Å²) in [5.41, 5.74) is 3.41. The molecular formula is C29H31FN4O5S. The largest absolute Gasteiger partial charge is 0.494 e. The number of ether oxygens (including phenoxy) is 1. The van der Waals surface area contributed by atoms with Gasteiger partial charge in [-0.3, -0.25) is 9.10 Å². The number of benzene rings is 3. The molecule has 0 atom stereocenters. The summed E-state index contributed by atoms with van der Waals surface area (Å²) in [4.78, 5) is 21.4. The SMILES string of the molecule is COC(=O)Cc1cccc(C(=Nc2ccc(N(CCN(C)C)S(C)(=O)=O)cc2)c2c(O)[nH]c3cc(F)ccc23)c1. The van der Waals surface area contributed by atoms with E-state index in [1.807, 2.05) is 19.0 Å². The number of aromatic amines is 1. The van der Waals surface area contributed by atoms with Crippen molar-refractivity contribution in [1.29, 1.82) is 0 Å². The molecule has 0 fully saturated rings. The number of aliphatic imine (C=N–C) groups is 1. The lowest BCUT2D eigenvalue weighted by atomic mass is 9.98. The van der Waals surface area contributed by atoms with Gasteiger partial charge in [-0.05, 0) is 68.2 Å². The highest BCUT2D eigenvalue weighted by Crippen LogP contribution is 2.32. The minimum atomic E-state index is -3.51. The lowest BCUT2D eigenvalue weighted by molar-refractivity contribution is -0.139. The molecule has 11 heteroatoms. The van der Waals surface area contributed by atoms with Crippen LogP contribution in [0.25, 0.3) is 10.9 Å². The van der Waals surface area contributed by atoms with Gasteiger partial charge in [-0.2, -0.15) is 0 Å². The number of hydrogen-bond donors (Lipinski definition) is 2. The number of anilines is 1. The topological polar surface area (TPSA) is 115 Å². The number of H-pyrrole nitrogens is 1. The summed E-state index contributed by atoms with van der Waals surface area (Å²) < 4.78 is 44.9.